The van der Waals surface area contributed by atoms with Crippen LogP contribution in [0.1, 0.15) is 5.56 Å². The molecule has 182 valence electrons. The quantitative estimate of drug-likeness (QED) is 0.451. The van der Waals surface area contributed by atoms with E-state index in [4.69, 9.17) is 27.1 Å². The molecule has 1 aromatic carbocycles. The number of piperazine rings is 1. The summed E-state index contributed by atoms with van der Waals surface area (Å²) in [5, 5.41) is 0.576. The number of nitrogen functional groups attached to an aromatic ring is 1. The maximum Gasteiger partial charge on any atom is 0.223 e. The minimum absolute atomic E-state index is 0.294. The van der Waals surface area contributed by atoms with E-state index in [9.17, 15) is 0 Å². The molecule has 1 saturated heterocycles. The van der Waals surface area contributed by atoms with Crippen molar-refractivity contribution in [2.75, 3.05) is 67.8 Å². The lowest BCUT2D eigenvalue weighted by Crippen LogP contribution is -2.47. The fourth-order valence-corrected chi connectivity index (χ4v) is 4.65. The molecule has 2 N–H and O–H groups in total. The van der Waals surface area contributed by atoms with Crippen LogP contribution in [0.5, 0.6) is 5.75 Å². The predicted octanol–water partition coefficient (Wildman–Crippen LogP) is 3.74. The number of rotatable bonds is 5. The number of benzene rings is 1. The average Bonchev–Trinajstić information content (AvgIpc) is 3.28. The summed E-state index contributed by atoms with van der Waals surface area (Å²) < 4.78 is 7.38. The van der Waals surface area contributed by atoms with Gasteiger partial charge in [-0.25, -0.2) is 4.98 Å². The number of nitrogens with two attached hydrogens (primary N) is 1. The van der Waals surface area contributed by atoms with Crippen LogP contribution in [0.15, 0.2) is 42.7 Å². The molecule has 1 aliphatic heterocycles. The van der Waals surface area contributed by atoms with Gasteiger partial charge in [-0.05, 0) is 30.7 Å². The summed E-state index contributed by atoms with van der Waals surface area (Å²) in [6.07, 6.45) is 4.09. The fourth-order valence-electron chi connectivity index (χ4n) is 4.41. The first kappa shape index (κ1) is 23.0. The van der Waals surface area contributed by atoms with Crippen molar-refractivity contribution in [1.29, 1.82) is 0 Å². The molecule has 1 aliphatic rings. The Morgan fingerprint density at radius 2 is 1.74 bits per heavy atom. The average molecular weight is 493 g/mol. The molecular weight excluding hydrogens is 464 g/mol. The van der Waals surface area contributed by atoms with E-state index in [0.717, 1.165) is 66.0 Å². The van der Waals surface area contributed by atoms with Gasteiger partial charge in [0.05, 0.1) is 17.8 Å². The third-order valence-electron chi connectivity index (χ3n) is 6.36. The van der Waals surface area contributed by atoms with Crippen LogP contribution in [0, 0.1) is 6.92 Å². The van der Waals surface area contributed by atoms with Gasteiger partial charge >= 0.3 is 0 Å². The van der Waals surface area contributed by atoms with Gasteiger partial charge in [0.15, 0.2) is 0 Å². The Kier molecular flexibility index (Phi) is 6.02. The lowest BCUT2D eigenvalue weighted by molar-refractivity contribution is 0.415. The highest BCUT2D eigenvalue weighted by Gasteiger charge is 2.20. The molecule has 0 saturated carbocycles. The maximum absolute atomic E-state index is 6.38. The Labute approximate surface area is 209 Å². The highest BCUT2D eigenvalue weighted by atomic mass is 35.5. The zero-order chi connectivity index (χ0) is 24.7. The molecule has 0 atom stereocenters. The van der Waals surface area contributed by atoms with Gasteiger partial charge in [0.1, 0.15) is 23.0 Å². The van der Waals surface area contributed by atoms with Crippen molar-refractivity contribution in [2.45, 2.75) is 6.92 Å². The van der Waals surface area contributed by atoms with Crippen molar-refractivity contribution < 1.29 is 4.74 Å². The Morgan fingerprint density at radius 1 is 1.00 bits per heavy atom. The molecule has 35 heavy (non-hydrogen) atoms. The van der Waals surface area contributed by atoms with E-state index < -0.39 is 0 Å². The molecule has 9 nitrogen and oxygen atoms in total. The van der Waals surface area contributed by atoms with Crippen LogP contribution in [0.25, 0.3) is 16.9 Å². The number of halogens is 1. The summed E-state index contributed by atoms with van der Waals surface area (Å²) in [6, 6.07) is 10.1. The second-order valence-corrected chi connectivity index (χ2v) is 9.30. The van der Waals surface area contributed by atoms with Crippen molar-refractivity contribution in [3.63, 3.8) is 0 Å². The zero-order valence-corrected chi connectivity index (χ0v) is 21.1. The van der Waals surface area contributed by atoms with E-state index in [1.807, 2.05) is 54.7 Å². The number of hydrogen-bond donors (Lipinski definition) is 1. The number of nitrogens with zero attached hydrogens (tertiary/aromatic N) is 7. The van der Waals surface area contributed by atoms with E-state index >= 15 is 0 Å². The van der Waals surface area contributed by atoms with Gasteiger partial charge in [0.25, 0.3) is 0 Å². The Morgan fingerprint density at radius 3 is 2.46 bits per heavy atom. The summed E-state index contributed by atoms with van der Waals surface area (Å²) in [5.41, 5.74) is 10.9. The summed E-state index contributed by atoms with van der Waals surface area (Å²) in [6.45, 7) is 5.47. The normalized spacial score (nSPS) is 14.0. The van der Waals surface area contributed by atoms with Crippen LogP contribution >= 0.6 is 11.6 Å². The molecule has 0 amide bonds. The van der Waals surface area contributed by atoms with Gasteiger partial charge in [0, 0.05) is 76.1 Å². The van der Waals surface area contributed by atoms with Crippen LogP contribution in [-0.4, -0.2) is 66.7 Å². The first-order valence-electron chi connectivity index (χ1n) is 11.5. The highest BCUT2D eigenvalue weighted by Crippen LogP contribution is 2.33. The van der Waals surface area contributed by atoms with Crippen LogP contribution in [0.4, 0.5) is 23.3 Å². The number of ether oxygens (including phenoxy) is 1. The zero-order valence-electron chi connectivity index (χ0n) is 20.4. The molecule has 10 heteroatoms. The van der Waals surface area contributed by atoms with E-state index in [1.54, 1.807) is 7.11 Å². The van der Waals surface area contributed by atoms with E-state index in [0.29, 0.717) is 16.7 Å². The van der Waals surface area contributed by atoms with Gasteiger partial charge in [0.2, 0.25) is 5.95 Å². The summed E-state index contributed by atoms with van der Waals surface area (Å²) in [7, 11) is 5.52. The van der Waals surface area contributed by atoms with E-state index in [1.165, 1.54) is 0 Å². The van der Waals surface area contributed by atoms with E-state index in [-0.39, 0.29) is 0 Å². The molecule has 3 aromatic heterocycles. The van der Waals surface area contributed by atoms with Crippen LogP contribution < -0.4 is 25.2 Å². The Hall–Kier alpha value is -3.72. The lowest BCUT2D eigenvalue weighted by atomic mass is 10.1. The molecule has 1 fully saturated rings. The SMILES string of the molecule is COc1cc(C)c(-c2cn3ccc(N4CCN(c5cc(N(C)C)nc(N)n5)CC4)cc3n2)cc1Cl. The van der Waals surface area contributed by atoms with Crippen LogP contribution in [0.3, 0.4) is 0 Å². The van der Waals surface area contributed by atoms with Crippen LogP contribution in [0.2, 0.25) is 5.02 Å². The van der Waals surface area contributed by atoms with Crippen molar-refractivity contribution in [1.82, 2.24) is 19.4 Å². The van der Waals surface area contributed by atoms with Crippen molar-refractivity contribution in [3.8, 4) is 17.0 Å². The van der Waals surface area contributed by atoms with Gasteiger partial charge < -0.3 is 29.6 Å². The second kappa shape index (κ2) is 9.14. The van der Waals surface area contributed by atoms with Gasteiger partial charge in [-0.2, -0.15) is 9.97 Å². The predicted molar refractivity (Wildman–Crippen MR) is 142 cm³/mol. The number of anilines is 4. The molecule has 0 aliphatic carbocycles. The number of pyridine rings is 1. The number of aromatic nitrogens is 4. The van der Waals surface area contributed by atoms with E-state index in [2.05, 4.69) is 38.1 Å². The van der Waals surface area contributed by atoms with Gasteiger partial charge in [-0.1, -0.05) is 11.6 Å². The summed E-state index contributed by atoms with van der Waals surface area (Å²) >= 11 is 6.38. The van der Waals surface area contributed by atoms with Gasteiger partial charge in [-0.3, -0.25) is 0 Å². The number of imidazole rings is 1. The van der Waals surface area contributed by atoms with Crippen molar-refractivity contribution in [2.24, 2.45) is 0 Å². The largest absolute Gasteiger partial charge is 0.495 e. The topological polar surface area (TPSA) is 88.1 Å². The Bertz CT molecular complexity index is 1380. The first-order valence-corrected chi connectivity index (χ1v) is 11.8. The Balaban J connectivity index is 1.34. The second-order valence-electron chi connectivity index (χ2n) is 8.89. The fraction of sp³-hybridized carbons (Fsp3) is 0.320. The minimum Gasteiger partial charge on any atom is -0.495 e. The smallest absolute Gasteiger partial charge is 0.223 e. The molecule has 0 unspecified atom stereocenters. The monoisotopic (exact) mass is 492 g/mol. The van der Waals surface area contributed by atoms with Crippen LogP contribution in [-0.2, 0) is 0 Å². The first-order chi connectivity index (χ1) is 16.8. The molecule has 0 radical (unpaired) electrons. The van der Waals surface area contributed by atoms with Gasteiger partial charge in [-0.15, -0.1) is 0 Å². The molecule has 0 bridgehead atoms. The maximum atomic E-state index is 6.38. The number of aryl methyl sites for hydroxylation is 1. The van der Waals surface area contributed by atoms with Crippen molar-refractivity contribution in [3.05, 3.63) is 53.3 Å². The molecule has 4 aromatic rings. The summed E-state index contributed by atoms with van der Waals surface area (Å²) in [4.78, 5) is 20.2. The number of fused-ring (bicyclic) bond motifs is 1. The lowest BCUT2D eigenvalue weighted by Gasteiger charge is -2.37. The number of methoxy groups -OCH3 is 1. The van der Waals surface area contributed by atoms with Crippen molar-refractivity contribution >= 4 is 40.5 Å². The molecule has 5 rings (SSSR count). The molecule has 4 heterocycles. The minimum atomic E-state index is 0.294. The molecular formula is C25H29ClN8O. The third kappa shape index (κ3) is 4.51. The summed E-state index contributed by atoms with van der Waals surface area (Å²) in [5.74, 6) is 2.63. The third-order valence-corrected chi connectivity index (χ3v) is 6.66. The number of hydrogen-bond acceptors (Lipinski definition) is 8. The highest BCUT2D eigenvalue weighted by molar-refractivity contribution is 6.32. The molecule has 0 spiro atoms. The standard InChI is InChI=1S/C25H29ClN8O/c1-16-11-21(35-4)19(26)13-18(16)20-15-34-6-5-17(12-23(34)28-20)32-7-9-33(10-8-32)24-14-22(31(2)3)29-25(27)30-24/h5-6,11-15H,7-10H2,1-4H3,(H2,27,29,30).